The Hall–Kier alpha value is -3.09. The van der Waals surface area contributed by atoms with Crippen LogP contribution in [0.3, 0.4) is 0 Å². The average Bonchev–Trinajstić information content (AvgIpc) is 1.41. The van der Waals surface area contributed by atoms with E-state index in [1.807, 2.05) is 0 Å². The number of nitrogens with one attached hydrogen (secondary N) is 4. The van der Waals surface area contributed by atoms with Gasteiger partial charge in [-0.15, -0.1) is 0 Å². The van der Waals surface area contributed by atoms with E-state index in [9.17, 15) is 107 Å². The van der Waals surface area contributed by atoms with E-state index < -0.39 is 169 Å². The summed E-state index contributed by atoms with van der Waals surface area (Å²) in [6.45, 7) is 3.95. The number of phosphoric ester groups is 1. The van der Waals surface area contributed by atoms with Gasteiger partial charge in [-0.1, -0.05) is 0 Å². The molecule has 8 unspecified atom stereocenters. The molecule has 5 saturated heterocycles. The van der Waals surface area contributed by atoms with Crippen molar-refractivity contribution in [3.8, 4) is 0 Å². The van der Waals surface area contributed by atoms with Crippen LogP contribution in [0.5, 0.6) is 0 Å². The summed E-state index contributed by atoms with van der Waals surface area (Å²) >= 11 is 10.5. The van der Waals surface area contributed by atoms with Crippen LogP contribution in [0.1, 0.15) is 69.4 Å². The number of aliphatic hydroxyl groups is 9. The minimum Gasteiger partial charge on any atom is -0.394 e. The van der Waals surface area contributed by atoms with E-state index in [0.717, 1.165) is 6.07 Å². The van der Waals surface area contributed by atoms with E-state index in [2.05, 4.69) is 46.0 Å². The van der Waals surface area contributed by atoms with Crippen LogP contribution < -0.4 is 22.2 Å². The molecule has 536 valence electrons. The smallest absolute Gasteiger partial charge is 0.394 e. The third-order valence-electron chi connectivity index (χ3n) is 13.7. The largest absolute Gasteiger partial charge is 0.492 e. The third-order valence-corrected chi connectivity index (χ3v) is 23.9. The van der Waals surface area contributed by atoms with Crippen molar-refractivity contribution in [2.75, 3.05) is 26.4 Å². The SMILES string of the molecule is Cc1[nH]c(=O)ccc1[C@@H]1O[C@H](CO)[C@H](O)C1O.Cc1[nH]c(=O)ccc1[C@@H]1O[C@H](COP(=O)(Cl)Cl)[C@H](O)C1O.Cc1[nH]c(=O)ccc1[C@@H]1O[C@H](COP(=O)(O)OP(=O)(O)OP(=O)(O)O)[C@H](O)C1O.Cc1[nH]c(=O)ccc1[C@@H]1O[C@H](COP2(=O)OP(=O)(O)OP(=O)(O)O2)[C@H](O)C1O. The topological polar surface area (TPSA) is 665 Å². The number of aryl methyl sites for hydroxylation is 4. The van der Waals surface area contributed by atoms with Crippen LogP contribution in [0.15, 0.2) is 67.7 Å². The van der Waals surface area contributed by atoms with Crippen molar-refractivity contribution in [2.24, 2.45) is 0 Å². The Morgan fingerprint density at radius 2 is 0.737 bits per heavy atom. The summed E-state index contributed by atoms with van der Waals surface area (Å²) in [6, 6.07) is 10.8. The number of halogens is 2. The predicted molar refractivity (Wildman–Crippen MR) is 314 cm³/mol. The van der Waals surface area contributed by atoms with Crippen LogP contribution in [-0.2, 0) is 86.0 Å². The lowest BCUT2D eigenvalue weighted by Gasteiger charge is -2.27. The number of hydrogen-bond acceptors (Lipinski definition) is 32. The highest BCUT2D eigenvalue weighted by Crippen LogP contribution is 2.80. The van der Waals surface area contributed by atoms with Gasteiger partial charge in [-0.3, -0.25) is 32.8 Å². The molecule has 4 aromatic rings. The van der Waals surface area contributed by atoms with E-state index in [1.54, 1.807) is 26.8 Å². The molecule has 9 rings (SSSR count). The molecule has 9 heterocycles. The molecule has 0 spiro atoms. The number of phosphoric acid groups is 6. The van der Waals surface area contributed by atoms with E-state index in [0.29, 0.717) is 45.0 Å². The molecule has 0 aromatic carbocycles. The first-order chi connectivity index (χ1) is 43.6. The molecule has 0 radical (unpaired) electrons. The van der Waals surface area contributed by atoms with Gasteiger partial charge in [0.25, 0.3) is 0 Å². The standard InChI is InChI=1S/C11H14Cl2NO6P.C11H18NO14P3.C11H16NO13P3.C11H15NO5/c1-5-6(2-3-8(15)14-5)11-10(17)9(16)7(20-11)4-19-21(12,13)18;1-5-6(2-3-8(13)12-5)11-10(15)9(14)7(24-11)4-23-28(19,20)26-29(21,22)25-27(16,17)18;1-5-6(2-3-8(13)12-5)11-10(15)9(14)7(22-11)4-21-28(20)24-26(16,17)23-27(18,19)25-28;1-5-6(2-3-8(14)12-5)11-10(16)9(15)7(4-13)17-11/h2-3,7,9-11,16-17H,4H2,1H3,(H,14,15);2-3,7,9-11,14-15H,4H2,1H3,(H,12,13)(H,19,20)(H,21,22)(H2,16,17,18);2-3,7,9-11,14-15H,4H2,1H3,(H,12,13)(H,16,17)(H,18,19);2-3,7,9-11,13,15-16H,4H2,1H3,(H,12,14)/t4*7-,9+,10?,11+/m1111/s1. The number of aromatic nitrogens is 4. The van der Waals surface area contributed by atoms with Gasteiger partial charge in [-0.2, -0.15) is 21.6 Å². The molecular weight excluding hydrogens is 1480 g/mol. The number of ether oxygens (including phenoxy) is 4. The van der Waals surface area contributed by atoms with Gasteiger partial charge in [0.15, 0.2) is 0 Å². The van der Waals surface area contributed by atoms with Crippen LogP contribution in [0.4, 0.5) is 0 Å². The maximum absolute atomic E-state index is 12.2. The minimum atomic E-state index is -5.68. The van der Waals surface area contributed by atoms with E-state index in [4.69, 9.17) is 70.3 Å². The minimum absolute atomic E-state index is 0.238. The molecule has 4 aromatic heterocycles. The number of H-pyrrole nitrogens is 4. The van der Waals surface area contributed by atoms with Gasteiger partial charge < -0.3 is 119 Å². The second-order valence-electron chi connectivity index (χ2n) is 20.6. The fourth-order valence-corrected chi connectivity index (χ4v) is 18.1. The molecule has 20 atom stereocenters. The maximum atomic E-state index is 12.2. The van der Waals surface area contributed by atoms with Crippen molar-refractivity contribution < 1.29 is 161 Å². The maximum Gasteiger partial charge on any atom is 0.492 e. The Labute approximate surface area is 541 Å². The van der Waals surface area contributed by atoms with Crippen molar-refractivity contribution in [1.29, 1.82) is 0 Å². The molecule has 51 heteroatoms. The lowest BCUT2D eigenvalue weighted by Crippen LogP contribution is -2.33. The number of pyridine rings is 4. The van der Waals surface area contributed by atoms with Gasteiger partial charge in [0.2, 0.25) is 22.2 Å². The monoisotopic (exact) mass is 1540 g/mol. The fraction of sp³-hybridized carbons (Fsp3) is 0.545. The van der Waals surface area contributed by atoms with Gasteiger partial charge in [0.1, 0.15) is 97.7 Å². The van der Waals surface area contributed by atoms with E-state index in [-0.39, 0.29) is 29.9 Å². The molecule has 0 bridgehead atoms. The summed E-state index contributed by atoms with van der Waals surface area (Å²) in [7, 11) is -32.1. The Kier molecular flexibility index (Phi) is 27.5. The summed E-state index contributed by atoms with van der Waals surface area (Å²) in [5.74, 6) is 0. The zero-order valence-corrected chi connectivity index (χ0v) is 56.4. The van der Waals surface area contributed by atoms with Gasteiger partial charge in [0, 0.05) is 69.3 Å². The fourth-order valence-electron chi connectivity index (χ4n) is 9.45. The number of rotatable bonds is 18. The second kappa shape index (κ2) is 32.3. The second-order valence-corrected chi connectivity index (χ2v) is 34.3. The summed E-state index contributed by atoms with van der Waals surface area (Å²) in [5, 5.41) is 88.9. The molecule has 0 saturated carbocycles. The van der Waals surface area contributed by atoms with Crippen LogP contribution in [0, 0.1) is 27.7 Å². The van der Waals surface area contributed by atoms with Crippen molar-refractivity contribution in [3.05, 3.63) is 135 Å². The third kappa shape index (κ3) is 22.5. The lowest BCUT2D eigenvalue weighted by molar-refractivity contribution is -0.0233. The van der Waals surface area contributed by atoms with Crippen LogP contribution in [0.25, 0.3) is 0 Å². The Morgan fingerprint density at radius 1 is 0.442 bits per heavy atom. The molecule has 95 heavy (non-hydrogen) atoms. The highest BCUT2D eigenvalue weighted by Gasteiger charge is 2.56. The van der Waals surface area contributed by atoms with E-state index >= 15 is 0 Å². The van der Waals surface area contributed by atoms with Crippen molar-refractivity contribution in [2.45, 2.75) is 125 Å². The molecule has 0 aliphatic carbocycles. The first-order valence-corrected chi connectivity index (χ1v) is 39.0. The van der Waals surface area contributed by atoms with E-state index in [1.165, 1.54) is 43.3 Å². The van der Waals surface area contributed by atoms with Crippen molar-refractivity contribution in [1.82, 2.24) is 19.9 Å². The quantitative estimate of drug-likeness (QED) is 0.0569. The van der Waals surface area contributed by atoms with Crippen LogP contribution in [0.2, 0.25) is 0 Å². The zero-order valence-electron chi connectivity index (χ0n) is 48.7. The molecular formula is C44H63Cl2N4O38P7. The normalized spacial score (nSPS) is 34.4. The van der Waals surface area contributed by atoms with Gasteiger partial charge in [0.05, 0.1) is 26.4 Å². The Morgan fingerprint density at radius 3 is 1.02 bits per heavy atom. The number of aliphatic hydroxyl groups excluding tert-OH is 9. The molecule has 42 nitrogen and oxygen atoms in total. The zero-order chi connectivity index (χ0) is 71.5. The lowest BCUT2D eigenvalue weighted by atomic mass is 10.0. The molecule has 0 amide bonds. The molecule has 5 fully saturated rings. The summed E-state index contributed by atoms with van der Waals surface area (Å²) in [4.78, 5) is 109. The predicted octanol–water partition coefficient (Wildman–Crippen LogP) is -0.293. The first-order valence-electron chi connectivity index (χ1n) is 26.6. The Balaban J connectivity index is 0.000000204. The highest BCUT2D eigenvalue weighted by molar-refractivity contribution is 8.05. The van der Waals surface area contributed by atoms with Crippen molar-refractivity contribution >= 4 is 75.5 Å². The summed E-state index contributed by atoms with van der Waals surface area (Å²) in [6.07, 6.45) is -23.0. The van der Waals surface area contributed by atoms with Gasteiger partial charge in [-0.05, 0) is 74.4 Å². The highest BCUT2D eigenvalue weighted by atomic mass is 35.9. The summed E-state index contributed by atoms with van der Waals surface area (Å²) in [5.41, 5.74) is 2.29. The first kappa shape index (κ1) is 80.9. The molecule has 5 aliphatic heterocycles. The Bertz CT molecular complexity index is 3930. The van der Waals surface area contributed by atoms with Crippen LogP contribution in [-0.4, -0.2) is 195 Å². The molecule has 19 N–H and O–H groups in total. The molecule has 5 aliphatic rings. The van der Waals surface area contributed by atoms with Gasteiger partial charge >= 0.3 is 53.0 Å². The number of hydrogen-bond donors (Lipinski definition) is 19. The van der Waals surface area contributed by atoms with Gasteiger partial charge in [-0.25, -0.2) is 27.4 Å². The number of aromatic amines is 4. The summed E-state index contributed by atoms with van der Waals surface area (Å²) < 4.78 is 134. The van der Waals surface area contributed by atoms with Crippen LogP contribution >= 0.6 is 75.5 Å². The van der Waals surface area contributed by atoms with Crippen molar-refractivity contribution in [3.63, 3.8) is 0 Å². The average molecular weight is 1540 g/mol.